The zero-order valence-electron chi connectivity index (χ0n) is 18.2. The van der Waals surface area contributed by atoms with Gasteiger partial charge in [0, 0.05) is 12.0 Å². The number of ether oxygens (including phenoxy) is 2. The second-order valence-corrected chi connectivity index (χ2v) is 7.46. The first-order valence-corrected chi connectivity index (χ1v) is 10.4. The number of benzene rings is 2. The number of aryl methyl sites for hydroxylation is 1. The summed E-state index contributed by atoms with van der Waals surface area (Å²) in [5, 5.41) is 9.87. The van der Waals surface area contributed by atoms with Crippen molar-refractivity contribution in [3.8, 4) is 22.8 Å². The molecule has 174 valence electrons. The number of esters is 1. The summed E-state index contributed by atoms with van der Waals surface area (Å²) >= 11 is 0. The summed E-state index contributed by atoms with van der Waals surface area (Å²) in [5.74, 6) is 0.569. The highest BCUT2D eigenvalue weighted by Gasteiger charge is 2.30. The molecular formula is C25H24F3NO4. The Morgan fingerprint density at radius 1 is 1.09 bits per heavy atom. The van der Waals surface area contributed by atoms with Crippen LogP contribution in [0.5, 0.6) is 11.5 Å². The zero-order valence-corrected chi connectivity index (χ0v) is 18.2. The van der Waals surface area contributed by atoms with Crippen LogP contribution in [0.15, 0.2) is 60.7 Å². The quantitative estimate of drug-likeness (QED) is 0.336. The van der Waals surface area contributed by atoms with Crippen molar-refractivity contribution in [1.29, 1.82) is 0 Å². The van der Waals surface area contributed by atoms with Gasteiger partial charge < -0.3 is 14.6 Å². The molecule has 1 heterocycles. The van der Waals surface area contributed by atoms with Gasteiger partial charge in [-0.25, -0.2) is 4.98 Å². The Morgan fingerprint density at radius 2 is 1.82 bits per heavy atom. The van der Waals surface area contributed by atoms with E-state index in [1.54, 1.807) is 43.3 Å². The lowest BCUT2D eigenvalue weighted by Gasteiger charge is -2.18. The number of aromatic nitrogens is 1. The fraction of sp³-hybridized carbons (Fsp3) is 0.280. The fourth-order valence-electron chi connectivity index (χ4n) is 3.16. The number of halogens is 3. The van der Waals surface area contributed by atoms with Crippen molar-refractivity contribution in [2.45, 2.75) is 39.0 Å². The summed E-state index contributed by atoms with van der Waals surface area (Å²) in [4.78, 5) is 16.2. The first-order valence-electron chi connectivity index (χ1n) is 10.4. The molecule has 0 radical (unpaired) electrons. The molecule has 0 amide bonds. The van der Waals surface area contributed by atoms with E-state index in [4.69, 9.17) is 9.47 Å². The second-order valence-electron chi connectivity index (χ2n) is 7.46. The third kappa shape index (κ3) is 6.32. The van der Waals surface area contributed by atoms with Gasteiger partial charge in [-0.2, -0.15) is 13.2 Å². The molecular weight excluding hydrogens is 435 g/mol. The van der Waals surface area contributed by atoms with E-state index in [1.807, 2.05) is 6.92 Å². The van der Waals surface area contributed by atoms with Crippen molar-refractivity contribution in [2.24, 2.45) is 0 Å². The first-order chi connectivity index (χ1) is 15.7. The van der Waals surface area contributed by atoms with Gasteiger partial charge in [0.25, 0.3) is 0 Å². The number of alkyl halides is 3. The standard InChI is InChI=1S/C25H24F3NO4/c1-3-5-24(31)33-22-13-12-19(14-16(22)2)32-23(15-30)21-7-4-6-20(29-21)17-8-10-18(11-9-17)25(26,27)28/h4,6-14,23,30H,3,5,15H2,1-2H3. The minimum Gasteiger partial charge on any atom is -0.482 e. The maximum atomic E-state index is 12.8. The molecule has 3 rings (SSSR count). The number of rotatable bonds is 8. The normalized spacial score (nSPS) is 12.3. The summed E-state index contributed by atoms with van der Waals surface area (Å²) in [6, 6.07) is 14.7. The van der Waals surface area contributed by atoms with Gasteiger partial charge in [0.2, 0.25) is 0 Å². The summed E-state index contributed by atoms with van der Waals surface area (Å²) in [6.07, 6.45) is -4.19. The molecule has 1 unspecified atom stereocenters. The maximum Gasteiger partial charge on any atom is 0.416 e. The largest absolute Gasteiger partial charge is 0.482 e. The van der Waals surface area contributed by atoms with Crippen molar-refractivity contribution in [1.82, 2.24) is 4.98 Å². The predicted molar refractivity (Wildman–Crippen MR) is 117 cm³/mol. The summed E-state index contributed by atoms with van der Waals surface area (Å²) < 4.78 is 49.6. The maximum absolute atomic E-state index is 12.8. The third-order valence-electron chi connectivity index (χ3n) is 4.88. The number of carbonyl (C=O) groups is 1. The summed E-state index contributed by atoms with van der Waals surface area (Å²) in [7, 11) is 0. The Hall–Kier alpha value is -3.39. The molecule has 2 aromatic carbocycles. The lowest BCUT2D eigenvalue weighted by Crippen LogP contribution is -2.14. The number of carbonyl (C=O) groups excluding carboxylic acids is 1. The molecule has 1 atom stereocenters. The number of aliphatic hydroxyl groups excluding tert-OH is 1. The van der Waals surface area contributed by atoms with Gasteiger partial charge in [0.1, 0.15) is 11.5 Å². The first kappa shape index (κ1) is 24.3. The van der Waals surface area contributed by atoms with E-state index in [0.717, 1.165) is 12.1 Å². The Balaban J connectivity index is 1.77. The van der Waals surface area contributed by atoms with Crippen molar-refractivity contribution >= 4 is 5.97 Å². The summed E-state index contributed by atoms with van der Waals surface area (Å²) in [5.41, 5.74) is 1.34. The Morgan fingerprint density at radius 3 is 2.42 bits per heavy atom. The third-order valence-corrected chi connectivity index (χ3v) is 4.88. The van der Waals surface area contributed by atoms with Crippen LogP contribution in [0, 0.1) is 6.92 Å². The van der Waals surface area contributed by atoms with Crippen LogP contribution >= 0.6 is 0 Å². The average molecular weight is 459 g/mol. The van der Waals surface area contributed by atoms with Crippen molar-refractivity contribution in [3.05, 3.63) is 77.5 Å². The van der Waals surface area contributed by atoms with Crippen LogP contribution in [0.1, 0.15) is 42.7 Å². The lowest BCUT2D eigenvalue weighted by molar-refractivity contribution is -0.137. The van der Waals surface area contributed by atoms with Gasteiger partial charge in [-0.15, -0.1) is 0 Å². The predicted octanol–water partition coefficient (Wildman–Crippen LogP) is 5.89. The van der Waals surface area contributed by atoms with Gasteiger partial charge in [-0.1, -0.05) is 25.1 Å². The molecule has 3 aromatic rings. The molecule has 0 saturated heterocycles. The molecule has 0 aliphatic rings. The highest BCUT2D eigenvalue weighted by Crippen LogP contribution is 2.31. The molecule has 33 heavy (non-hydrogen) atoms. The molecule has 0 aliphatic carbocycles. The number of pyridine rings is 1. The Bertz CT molecular complexity index is 1100. The van der Waals surface area contributed by atoms with Crippen molar-refractivity contribution in [3.63, 3.8) is 0 Å². The van der Waals surface area contributed by atoms with E-state index in [9.17, 15) is 23.1 Å². The van der Waals surface area contributed by atoms with E-state index in [2.05, 4.69) is 4.98 Å². The number of aliphatic hydroxyl groups is 1. The highest BCUT2D eigenvalue weighted by molar-refractivity contribution is 5.72. The van der Waals surface area contributed by atoms with Gasteiger partial charge >= 0.3 is 12.1 Å². The average Bonchev–Trinajstić information content (AvgIpc) is 2.79. The zero-order chi connectivity index (χ0) is 24.0. The highest BCUT2D eigenvalue weighted by atomic mass is 19.4. The topological polar surface area (TPSA) is 68.7 Å². The SMILES string of the molecule is CCCC(=O)Oc1ccc(OC(CO)c2cccc(-c3ccc(C(F)(F)F)cc3)n2)cc1C. The second kappa shape index (κ2) is 10.5. The Kier molecular flexibility index (Phi) is 7.71. The monoisotopic (exact) mass is 459 g/mol. The van der Waals surface area contributed by atoms with Gasteiger partial charge in [0.15, 0.2) is 6.10 Å². The van der Waals surface area contributed by atoms with Gasteiger partial charge in [-0.3, -0.25) is 4.79 Å². The van der Waals surface area contributed by atoms with E-state index in [-0.39, 0.29) is 12.6 Å². The van der Waals surface area contributed by atoms with Crippen LogP contribution in [0.25, 0.3) is 11.3 Å². The van der Waals surface area contributed by atoms with Crippen LogP contribution in [0.2, 0.25) is 0 Å². The van der Waals surface area contributed by atoms with Crippen LogP contribution in [-0.4, -0.2) is 22.7 Å². The lowest BCUT2D eigenvalue weighted by atomic mass is 10.1. The Labute approximate surface area is 189 Å². The van der Waals surface area contributed by atoms with E-state index in [0.29, 0.717) is 46.9 Å². The van der Waals surface area contributed by atoms with Crippen LogP contribution in [0.3, 0.4) is 0 Å². The molecule has 1 N–H and O–H groups in total. The number of hydrogen-bond donors (Lipinski definition) is 1. The molecule has 1 aromatic heterocycles. The van der Waals surface area contributed by atoms with Crippen molar-refractivity contribution < 1.29 is 32.5 Å². The van der Waals surface area contributed by atoms with E-state index in [1.165, 1.54) is 12.1 Å². The molecule has 0 bridgehead atoms. The number of hydrogen-bond acceptors (Lipinski definition) is 5. The van der Waals surface area contributed by atoms with Crippen molar-refractivity contribution in [2.75, 3.05) is 6.61 Å². The minimum atomic E-state index is -4.41. The molecule has 5 nitrogen and oxygen atoms in total. The van der Waals surface area contributed by atoms with Gasteiger partial charge in [-0.05, 0) is 61.4 Å². The fourth-order valence-corrected chi connectivity index (χ4v) is 3.16. The minimum absolute atomic E-state index is 0.313. The van der Waals surface area contributed by atoms with Crippen LogP contribution in [0.4, 0.5) is 13.2 Å². The van der Waals surface area contributed by atoms with Crippen LogP contribution in [-0.2, 0) is 11.0 Å². The van der Waals surface area contributed by atoms with Crippen LogP contribution < -0.4 is 9.47 Å². The molecule has 0 saturated carbocycles. The molecule has 8 heteroatoms. The number of nitrogens with zero attached hydrogens (tertiary/aromatic N) is 1. The molecule has 0 spiro atoms. The summed E-state index contributed by atoms with van der Waals surface area (Å²) in [6.45, 7) is 3.30. The van der Waals surface area contributed by atoms with E-state index >= 15 is 0 Å². The van der Waals surface area contributed by atoms with Gasteiger partial charge in [0.05, 0.1) is 23.6 Å². The smallest absolute Gasteiger partial charge is 0.416 e. The molecule has 0 aliphatic heterocycles. The molecule has 0 fully saturated rings. The van der Waals surface area contributed by atoms with E-state index < -0.39 is 17.8 Å².